The van der Waals surface area contributed by atoms with Crippen molar-refractivity contribution in [2.45, 2.75) is 32.9 Å². The number of nitrogens with zero attached hydrogens (tertiary/aromatic N) is 1. The summed E-state index contributed by atoms with van der Waals surface area (Å²) in [6, 6.07) is 11.9. The molecule has 1 saturated carbocycles. The Balaban J connectivity index is 1.40. The van der Waals surface area contributed by atoms with Crippen molar-refractivity contribution in [3.8, 4) is 0 Å². The smallest absolute Gasteiger partial charge is 0.251 e. The molecule has 8 bridgehead atoms. The molecule has 6 aliphatic rings. The van der Waals surface area contributed by atoms with Gasteiger partial charge in [0.2, 0.25) is 0 Å². The van der Waals surface area contributed by atoms with Gasteiger partial charge < -0.3 is 26.0 Å². The molecule has 2 aromatic carbocycles. The Labute approximate surface area is 259 Å². The van der Waals surface area contributed by atoms with Gasteiger partial charge >= 0.3 is 0 Å². The molecule has 6 atom stereocenters. The monoisotopic (exact) mass is 621 g/mol. The first-order valence-corrected chi connectivity index (χ1v) is 15.2. The third-order valence-corrected chi connectivity index (χ3v) is 9.46. The van der Waals surface area contributed by atoms with Crippen LogP contribution in [0, 0.1) is 29.6 Å². The summed E-state index contributed by atoms with van der Waals surface area (Å²) in [5, 5.41) is 20.8. The van der Waals surface area contributed by atoms with Gasteiger partial charge in [0.05, 0.1) is 5.92 Å². The molecule has 0 radical (unpaired) electrons. The van der Waals surface area contributed by atoms with E-state index >= 15 is 0 Å². The zero-order chi connectivity index (χ0) is 32.2. The Hall–Kier alpha value is -4.41. The van der Waals surface area contributed by atoms with Crippen LogP contribution in [0.4, 0.5) is 13.2 Å². The number of allylic oxidation sites excluding steroid dienone is 1. The predicted octanol–water partition coefficient (Wildman–Crippen LogP) is 4.04. The number of carbonyl (C=O) groups excluding carboxylic acids is 3. The lowest BCUT2D eigenvalue weighted by Gasteiger charge is -2.39. The molecule has 2 aliphatic carbocycles. The molecule has 0 spiro atoms. The van der Waals surface area contributed by atoms with Gasteiger partial charge in [0.25, 0.3) is 17.7 Å². The van der Waals surface area contributed by atoms with Crippen LogP contribution in [0.5, 0.6) is 0 Å². The van der Waals surface area contributed by atoms with Gasteiger partial charge in [-0.05, 0) is 84.4 Å². The first kappa shape index (κ1) is 32.0. The van der Waals surface area contributed by atoms with Crippen LogP contribution in [-0.4, -0.2) is 56.0 Å². The van der Waals surface area contributed by atoms with E-state index in [4.69, 9.17) is 0 Å². The van der Waals surface area contributed by atoms with Gasteiger partial charge in [-0.1, -0.05) is 32.0 Å². The van der Waals surface area contributed by atoms with Crippen LogP contribution in [-0.2, 0) is 0 Å². The minimum Gasteiger partial charge on any atom is -0.858 e. The standard InChI is InChI=1S/C34H37F3N4O4/c1-18-19(2)25-10-9-24(18)14-38-31(42)20-5-3-7-22(11-20)33(44)40-16-26-13-28(35)27(30(37)29(26)36)17-41-34(45)23-8-4-6-21(12-23)32(43)39-15-25/h3-8,11-13,18-19,24-25,27-28H,9-10,14-17H2,1-2H3,(H,38,42)(H,39,43)(H,40,44)(H,41,45)/p-1/t18?,19?,24?,25-,27+,28?/m0/s1. The topological polar surface area (TPSA) is 123 Å². The lowest BCUT2D eigenvalue weighted by atomic mass is 9.68. The molecule has 0 saturated heterocycles. The molecule has 8 rings (SSSR count). The summed E-state index contributed by atoms with van der Waals surface area (Å²) in [6.07, 6.45) is 0.578. The second-order valence-corrected chi connectivity index (χ2v) is 12.1. The summed E-state index contributed by atoms with van der Waals surface area (Å²) in [6.45, 7) is 3.99. The third kappa shape index (κ3) is 7.13. The van der Waals surface area contributed by atoms with E-state index in [0.29, 0.717) is 13.1 Å². The number of halogens is 3. The summed E-state index contributed by atoms with van der Waals surface area (Å²) < 4.78 is 44.9. The van der Waals surface area contributed by atoms with E-state index in [2.05, 4.69) is 34.8 Å². The predicted molar refractivity (Wildman–Crippen MR) is 162 cm³/mol. The quantitative estimate of drug-likeness (QED) is 0.411. The van der Waals surface area contributed by atoms with Crippen molar-refractivity contribution in [2.24, 2.45) is 34.6 Å². The minimum atomic E-state index is -1.98. The zero-order valence-electron chi connectivity index (χ0n) is 25.1. The van der Waals surface area contributed by atoms with Gasteiger partial charge in [0.15, 0.2) is 5.83 Å². The largest absolute Gasteiger partial charge is 0.858 e. The highest BCUT2D eigenvalue weighted by atomic mass is 19.2. The number of aliphatic imine (C=N–C) groups is 1. The molecule has 8 nitrogen and oxygen atoms in total. The third-order valence-electron chi connectivity index (χ3n) is 9.46. The molecule has 4 heterocycles. The van der Waals surface area contributed by atoms with Crippen LogP contribution >= 0.6 is 0 Å². The Kier molecular flexibility index (Phi) is 9.74. The molecular formula is C34H36F3N4O4-. The number of hydrogen-bond acceptors (Lipinski definition) is 5. The van der Waals surface area contributed by atoms with E-state index in [1.807, 2.05) is 0 Å². The summed E-state index contributed by atoms with van der Waals surface area (Å²) >= 11 is 0. The highest BCUT2D eigenvalue weighted by molar-refractivity contribution is 6.00. The van der Waals surface area contributed by atoms with Crippen molar-refractivity contribution in [3.63, 3.8) is 0 Å². The molecule has 238 valence electrons. The van der Waals surface area contributed by atoms with Crippen LogP contribution in [0.15, 0.2) is 76.8 Å². The summed E-state index contributed by atoms with van der Waals surface area (Å²) in [5.74, 6) is -5.57. The molecule has 4 aliphatic heterocycles. The minimum absolute atomic E-state index is 0.0983. The van der Waals surface area contributed by atoms with Crippen molar-refractivity contribution in [3.05, 3.63) is 94.1 Å². The van der Waals surface area contributed by atoms with Crippen LogP contribution < -0.4 is 21.1 Å². The summed E-state index contributed by atoms with van der Waals surface area (Å²) in [4.78, 5) is 42.9. The molecule has 3 amide bonds. The number of nitrogens with one attached hydrogen (secondary N) is 3. The maximum absolute atomic E-state index is 15.0. The van der Waals surface area contributed by atoms with Gasteiger partial charge in [0, 0.05) is 48.4 Å². The lowest BCUT2D eigenvalue weighted by molar-refractivity contribution is -0.213. The fourth-order valence-corrected chi connectivity index (χ4v) is 6.33. The summed E-state index contributed by atoms with van der Waals surface area (Å²) in [7, 11) is 0. The van der Waals surface area contributed by atoms with Crippen LogP contribution in [0.3, 0.4) is 0 Å². The fourth-order valence-electron chi connectivity index (χ4n) is 6.33. The van der Waals surface area contributed by atoms with Gasteiger partial charge in [-0.3, -0.25) is 14.4 Å². The van der Waals surface area contributed by atoms with E-state index in [0.717, 1.165) is 18.9 Å². The molecule has 4 unspecified atom stereocenters. The second kappa shape index (κ2) is 13.7. The van der Waals surface area contributed by atoms with E-state index in [9.17, 15) is 32.7 Å². The molecule has 1 fully saturated rings. The first-order valence-electron chi connectivity index (χ1n) is 15.2. The summed E-state index contributed by atoms with van der Waals surface area (Å²) in [5.41, 5.74) is 0.327. The number of amides is 3. The Morgan fingerprint density at radius 1 is 0.778 bits per heavy atom. The molecule has 0 aromatic heterocycles. The van der Waals surface area contributed by atoms with Gasteiger partial charge in [-0.2, -0.15) is 0 Å². The highest BCUT2D eigenvalue weighted by Gasteiger charge is 2.35. The van der Waals surface area contributed by atoms with Gasteiger partial charge in [-0.25, -0.2) is 13.2 Å². The van der Waals surface area contributed by atoms with Crippen LogP contribution in [0.2, 0.25) is 0 Å². The maximum atomic E-state index is 15.0. The molecular weight excluding hydrogens is 585 g/mol. The second-order valence-electron chi connectivity index (χ2n) is 12.1. The Bertz CT molecular complexity index is 1570. The van der Waals surface area contributed by atoms with E-state index in [1.165, 1.54) is 30.3 Å². The molecule has 2 aromatic rings. The Morgan fingerprint density at radius 3 is 1.98 bits per heavy atom. The number of alkyl halides is 1. The van der Waals surface area contributed by atoms with E-state index in [-0.39, 0.29) is 57.4 Å². The van der Waals surface area contributed by atoms with Crippen molar-refractivity contribution >= 4 is 23.6 Å². The first-order chi connectivity index (χ1) is 21.5. The number of carbonyl (C=O) groups is 3. The van der Waals surface area contributed by atoms with E-state index in [1.54, 1.807) is 18.2 Å². The average molecular weight is 622 g/mol. The zero-order valence-corrected chi connectivity index (χ0v) is 25.1. The van der Waals surface area contributed by atoms with Crippen molar-refractivity contribution in [1.29, 1.82) is 0 Å². The number of hydrogen-bond donors (Lipinski definition) is 3. The normalized spacial score (nSPS) is 28.5. The number of rotatable bonds is 0. The SMILES string of the molecule is CC1C2CC[C@@H](CN=C([O-])c3cccc(c3)C(=O)NC[C@H]3C(F)=C(F)C(=CC3F)CNC(=O)c3cccc(c3)C(=O)NC2)C1C. The average Bonchev–Trinajstić information content (AvgIpc) is 3.05. The van der Waals surface area contributed by atoms with Gasteiger partial charge in [0.1, 0.15) is 12.0 Å². The Morgan fingerprint density at radius 2 is 1.31 bits per heavy atom. The molecule has 45 heavy (non-hydrogen) atoms. The van der Waals surface area contributed by atoms with Gasteiger partial charge in [-0.15, -0.1) is 0 Å². The lowest BCUT2D eigenvalue weighted by Crippen LogP contribution is -2.39. The van der Waals surface area contributed by atoms with E-state index < -0.39 is 54.5 Å². The maximum Gasteiger partial charge on any atom is 0.251 e. The molecule has 3 N–H and O–H groups in total. The van der Waals surface area contributed by atoms with Crippen molar-refractivity contribution in [2.75, 3.05) is 26.2 Å². The highest BCUT2D eigenvalue weighted by Crippen LogP contribution is 2.38. The fraction of sp³-hybridized carbons (Fsp3) is 0.412. The van der Waals surface area contributed by atoms with Crippen LogP contribution in [0.1, 0.15) is 63.3 Å². The number of benzene rings is 2. The molecule has 11 heteroatoms. The van der Waals surface area contributed by atoms with Crippen molar-refractivity contribution < 1.29 is 32.7 Å². The van der Waals surface area contributed by atoms with Crippen LogP contribution in [0.25, 0.3) is 0 Å². The van der Waals surface area contributed by atoms with Crippen molar-refractivity contribution in [1.82, 2.24) is 16.0 Å².